The van der Waals surface area contributed by atoms with E-state index in [0.717, 1.165) is 37.2 Å². The van der Waals surface area contributed by atoms with Crippen LogP contribution < -0.4 is 0 Å². The Kier molecular flexibility index (Phi) is 3.74. The molecule has 19 heavy (non-hydrogen) atoms. The van der Waals surface area contributed by atoms with E-state index < -0.39 is 0 Å². The molecule has 1 saturated heterocycles. The lowest BCUT2D eigenvalue weighted by Gasteiger charge is -2.16. The lowest BCUT2D eigenvalue weighted by Crippen LogP contribution is -2.29. The number of carbonyl (C=O) groups excluding carboxylic acids is 1. The molecule has 2 heterocycles. The molecule has 1 N–H and O–H groups in total. The topological polar surface area (TPSA) is 40.5 Å². The van der Waals surface area contributed by atoms with Crippen molar-refractivity contribution in [3.63, 3.8) is 0 Å². The van der Waals surface area contributed by atoms with E-state index in [0.29, 0.717) is 18.4 Å². The molecule has 0 aromatic carbocycles. The molecule has 0 bridgehead atoms. The normalized spacial score (nSPS) is 30.7. The molecule has 0 radical (unpaired) electrons. The van der Waals surface area contributed by atoms with Crippen LogP contribution in [0.3, 0.4) is 0 Å². The van der Waals surface area contributed by atoms with Crippen molar-refractivity contribution < 1.29 is 9.90 Å². The van der Waals surface area contributed by atoms with Crippen molar-refractivity contribution in [1.82, 2.24) is 4.90 Å². The maximum absolute atomic E-state index is 12.2. The molecule has 0 amide bonds. The third-order valence-electron chi connectivity index (χ3n) is 4.55. The Labute approximate surface area is 118 Å². The Morgan fingerprint density at radius 2 is 2.26 bits per heavy atom. The average Bonchev–Trinajstić information content (AvgIpc) is 3.07. The van der Waals surface area contributed by atoms with Gasteiger partial charge in [-0.25, -0.2) is 0 Å². The fourth-order valence-electron chi connectivity index (χ4n) is 3.46. The van der Waals surface area contributed by atoms with Crippen molar-refractivity contribution in [2.45, 2.75) is 32.3 Å². The van der Waals surface area contributed by atoms with Crippen LogP contribution in [0, 0.1) is 11.8 Å². The molecule has 0 spiro atoms. The van der Waals surface area contributed by atoms with Crippen molar-refractivity contribution in [1.29, 1.82) is 0 Å². The number of hydrogen-bond donors (Lipinski definition) is 1. The maximum atomic E-state index is 12.2. The Bertz CT molecular complexity index is 470. The van der Waals surface area contributed by atoms with Crippen LogP contribution in [0.5, 0.6) is 0 Å². The van der Waals surface area contributed by atoms with E-state index in [9.17, 15) is 9.90 Å². The van der Waals surface area contributed by atoms with Gasteiger partial charge in [0.1, 0.15) is 0 Å². The number of likely N-dealkylation sites (tertiary alicyclic amines) is 1. The quantitative estimate of drug-likeness (QED) is 0.859. The first-order valence-electron chi connectivity index (χ1n) is 7.19. The minimum atomic E-state index is -0.140. The predicted octanol–water partition coefficient (Wildman–Crippen LogP) is 2.20. The summed E-state index contributed by atoms with van der Waals surface area (Å²) in [6.07, 6.45) is 2.92. The van der Waals surface area contributed by atoms with Gasteiger partial charge in [0.05, 0.1) is 17.5 Å². The van der Waals surface area contributed by atoms with Crippen molar-refractivity contribution in [2.75, 3.05) is 19.6 Å². The van der Waals surface area contributed by atoms with Crippen LogP contribution in [0.25, 0.3) is 0 Å². The molecule has 1 aliphatic heterocycles. The number of ketones is 1. The van der Waals surface area contributed by atoms with Gasteiger partial charge < -0.3 is 5.11 Å². The van der Waals surface area contributed by atoms with Gasteiger partial charge in [-0.2, -0.15) is 0 Å². The zero-order valence-electron chi connectivity index (χ0n) is 11.3. The smallest absolute Gasteiger partial charge is 0.186 e. The first-order chi connectivity index (χ1) is 9.17. The zero-order chi connectivity index (χ0) is 13.4. The summed E-state index contributed by atoms with van der Waals surface area (Å²) in [7, 11) is 0. The summed E-state index contributed by atoms with van der Waals surface area (Å²) in [4.78, 5) is 16.6. The van der Waals surface area contributed by atoms with Gasteiger partial charge in [-0.3, -0.25) is 9.69 Å². The van der Waals surface area contributed by atoms with Gasteiger partial charge in [0, 0.05) is 23.9 Å². The Hall–Kier alpha value is -0.710. The van der Waals surface area contributed by atoms with Gasteiger partial charge in [-0.1, -0.05) is 6.92 Å². The monoisotopic (exact) mass is 279 g/mol. The third kappa shape index (κ3) is 2.62. The van der Waals surface area contributed by atoms with Gasteiger partial charge in [0.15, 0.2) is 5.78 Å². The number of aliphatic hydroxyl groups is 1. The molecule has 1 aromatic rings. The van der Waals surface area contributed by atoms with Crippen molar-refractivity contribution in [3.05, 3.63) is 21.9 Å². The minimum Gasteiger partial charge on any atom is -0.393 e. The minimum absolute atomic E-state index is 0.140. The van der Waals surface area contributed by atoms with E-state index in [2.05, 4.69) is 17.9 Å². The molecule has 3 unspecified atom stereocenters. The summed E-state index contributed by atoms with van der Waals surface area (Å²) in [5.41, 5.74) is 0. The largest absolute Gasteiger partial charge is 0.393 e. The van der Waals surface area contributed by atoms with E-state index in [1.54, 1.807) is 11.3 Å². The van der Waals surface area contributed by atoms with E-state index >= 15 is 0 Å². The average molecular weight is 279 g/mol. The highest BCUT2D eigenvalue weighted by molar-refractivity contribution is 7.14. The predicted molar refractivity (Wildman–Crippen MR) is 76.7 cm³/mol. The van der Waals surface area contributed by atoms with Gasteiger partial charge in [-0.15, -0.1) is 11.3 Å². The number of aryl methyl sites for hydroxylation is 1. The fourth-order valence-corrected chi connectivity index (χ4v) is 4.33. The van der Waals surface area contributed by atoms with Crippen molar-refractivity contribution in [3.8, 4) is 0 Å². The molecular weight excluding hydrogens is 258 g/mol. The Morgan fingerprint density at radius 1 is 1.42 bits per heavy atom. The number of Topliss-reactive ketones (excluding diaryl/α,β-unsaturated/α-hetero) is 1. The molecule has 104 valence electrons. The fraction of sp³-hybridized carbons (Fsp3) is 0.667. The van der Waals surface area contributed by atoms with Crippen LogP contribution in [0.2, 0.25) is 0 Å². The summed E-state index contributed by atoms with van der Waals surface area (Å²) >= 11 is 1.62. The second-order valence-electron chi connectivity index (χ2n) is 5.81. The van der Waals surface area contributed by atoms with Crippen LogP contribution in [-0.2, 0) is 6.42 Å². The maximum Gasteiger partial charge on any atom is 0.186 e. The summed E-state index contributed by atoms with van der Waals surface area (Å²) in [5.74, 6) is 1.25. The highest BCUT2D eigenvalue weighted by atomic mass is 32.1. The number of rotatable bonds is 4. The number of thiophene rings is 1. The summed E-state index contributed by atoms with van der Waals surface area (Å²) in [6, 6.07) is 4.01. The molecule has 2 aliphatic rings. The van der Waals surface area contributed by atoms with Gasteiger partial charge in [0.2, 0.25) is 0 Å². The van der Waals surface area contributed by atoms with Crippen molar-refractivity contribution in [2.24, 2.45) is 11.8 Å². The molecule has 3 atom stereocenters. The van der Waals surface area contributed by atoms with Crippen LogP contribution in [-0.4, -0.2) is 41.5 Å². The SMILES string of the molecule is CCc1ccc(C(=O)CN2CC3CCC(O)C3C2)s1. The van der Waals surface area contributed by atoms with Gasteiger partial charge in [0.25, 0.3) is 0 Å². The molecule has 3 rings (SSSR count). The van der Waals surface area contributed by atoms with E-state index in [4.69, 9.17) is 0 Å². The number of carbonyl (C=O) groups is 1. The summed E-state index contributed by atoms with van der Waals surface area (Å²) < 4.78 is 0. The van der Waals surface area contributed by atoms with E-state index in [1.807, 2.05) is 6.07 Å². The standard InChI is InChI=1S/C15H21NO2S/c1-2-11-4-6-15(19-11)14(18)9-16-7-10-3-5-13(17)12(10)8-16/h4,6,10,12-13,17H,2-3,5,7-9H2,1H3. The van der Waals surface area contributed by atoms with Crippen molar-refractivity contribution >= 4 is 17.1 Å². The highest BCUT2D eigenvalue weighted by Gasteiger charge is 2.42. The molecule has 2 fully saturated rings. The number of aliphatic hydroxyl groups excluding tert-OH is 1. The summed E-state index contributed by atoms with van der Waals surface area (Å²) in [6.45, 7) is 4.51. The number of nitrogens with zero attached hydrogens (tertiary/aromatic N) is 1. The summed E-state index contributed by atoms with van der Waals surface area (Å²) in [5, 5.41) is 9.89. The van der Waals surface area contributed by atoms with Crippen LogP contribution in [0.15, 0.2) is 12.1 Å². The van der Waals surface area contributed by atoms with E-state index in [1.165, 1.54) is 4.88 Å². The van der Waals surface area contributed by atoms with Gasteiger partial charge in [-0.05, 0) is 37.3 Å². The Morgan fingerprint density at radius 3 is 2.95 bits per heavy atom. The van der Waals surface area contributed by atoms with Crippen LogP contribution in [0.1, 0.15) is 34.3 Å². The van der Waals surface area contributed by atoms with E-state index in [-0.39, 0.29) is 11.9 Å². The van der Waals surface area contributed by atoms with Gasteiger partial charge >= 0.3 is 0 Å². The number of fused-ring (bicyclic) bond motifs is 1. The highest BCUT2D eigenvalue weighted by Crippen LogP contribution is 2.38. The number of hydrogen-bond acceptors (Lipinski definition) is 4. The Balaban J connectivity index is 1.59. The first kappa shape index (κ1) is 13.3. The molecule has 3 nitrogen and oxygen atoms in total. The van der Waals surface area contributed by atoms with Crippen LogP contribution in [0.4, 0.5) is 0 Å². The molecular formula is C15H21NO2S. The molecule has 1 saturated carbocycles. The third-order valence-corrected chi connectivity index (χ3v) is 5.82. The lowest BCUT2D eigenvalue weighted by molar-refractivity contribution is 0.0923. The second kappa shape index (κ2) is 5.35. The first-order valence-corrected chi connectivity index (χ1v) is 8.01. The zero-order valence-corrected chi connectivity index (χ0v) is 12.2. The molecule has 1 aliphatic carbocycles. The molecule has 1 aromatic heterocycles. The van der Waals surface area contributed by atoms with Crippen LogP contribution >= 0.6 is 11.3 Å². The lowest BCUT2D eigenvalue weighted by atomic mass is 10.00. The molecule has 4 heteroatoms. The second-order valence-corrected chi connectivity index (χ2v) is 6.97.